The first kappa shape index (κ1) is 20.2. The molecule has 168 valence electrons. The van der Waals surface area contributed by atoms with Crippen LogP contribution in [0, 0.1) is 0 Å². The lowest BCUT2D eigenvalue weighted by atomic mass is 9.77. The highest BCUT2D eigenvalue weighted by Gasteiger charge is 2.39. The van der Waals surface area contributed by atoms with Gasteiger partial charge in [0, 0.05) is 37.7 Å². The third kappa shape index (κ3) is 3.61. The first-order valence-electron chi connectivity index (χ1n) is 11.6. The summed E-state index contributed by atoms with van der Waals surface area (Å²) in [5, 5.41) is 13.4. The SMILES string of the molecule is O=[S@@]1CCc2nc(N3CC=C(c4ncc(C5CC5)cn4)CC3)nc(NC3(CO)CCC3)c21. The Labute approximate surface area is 190 Å². The molecule has 6 rings (SSSR count). The molecule has 0 radical (unpaired) electrons. The second-order valence-electron chi connectivity index (χ2n) is 9.40. The van der Waals surface area contributed by atoms with Gasteiger partial charge in [0.2, 0.25) is 5.95 Å². The normalized spacial score (nSPS) is 24.0. The second kappa shape index (κ2) is 7.88. The number of nitrogens with one attached hydrogen (secondary N) is 1. The van der Waals surface area contributed by atoms with Crippen molar-refractivity contribution in [2.75, 3.05) is 35.7 Å². The Morgan fingerprint density at radius 1 is 1.19 bits per heavy atom. The van der Waals surface area contributed by atoms with Gasteiger partial charge in [0.25, 0.3) is 0 Å². The summed E-state index contributed by atoms with van der Waals surface area (Å²) in [5.74, 6) is 3.38. The minimum Gasteiger partial charge on any atom is -0.394 e. The molecular formula is C23H28N6O2S. The molecule has 0 unspecified atom stereocenters. The predicted molar refractivity (Wildman–Crippen MR) is 123 cm³/mol. The summed E-state index contributed by atoms with van der Waals surface area (Å²) in [6, 6.07) is 0. The van der Waals surface area contributed by atoms with Crippen LogP contribution in [0.3, 0.4) is 0 Å². The van der Waals surface area contributed by atoms with Crippen molar-refractivity contribution in [3.05, 3.63) is 35.6 Å². The van der Waals surface area contributed by atoms with E-state index in [1.165, 1.54) is 18.4 Å². The van der Waals surface area contributed by atoms with Gasteiger partial charge in [0.15, 0.2) is 5.82 Å². The zero-order chi connectivity index (χ0) is 21.7. The van der Waals surface area contributed by atoms with E-state index in [1.807, 2.05) is 12.4 Å². The largest absolute Gasteiger partial charge is 0.394 e. The van der Waals surface area contributed by atoms with E-state index in [2.05, 4.69) is 26.3 Å². The minimum absolute atomic E-state index is 0.0586. The van der Waals surface area contributed by atoms with E-state index in [9.17, 15) is 9.32 Å². The van der Waals surface area contributed by atoms with E-state index in [0.717, 1.165) is 54.2 Å². The summed E-state index contributed by atoms with van der Waals surface area (Å²) >= 11 is 0. The average molecular weight is 453 g/mol. The summed E-state index contributed by atoms with van der Waals surface area (Å²) in [6.07, 6.45) is 13.1. The fraction of sp³-hybridized carbons (Fsp3) is 0.565. The number of fused-ring (bicyclic) bond motifs is 1. The molecule has 32 heavy (non-hydrogen) atoms. The quantitative estimate of drug-likeness (QED) is 0.689. The van der Waals surface area contributed by atoms with Gasteiger partial charge >= 0.3 is 0 Å². The average Bonchev–Trinajstić information content (AvgIpc) is 3.59. The molecule has 0 bridgehead atoms. The van der Waals surface area contributed by atoms with Gasteiger partial charge in [-0.1, -0.05) is 6.08 Å². The maximum atomic E-state index is 12.6. The number of aryl methyl sites for hydroxylation is 1. The molecular weight excluding hydrogens is 424 g/mol. The number of hydrogen-bond acceptors (Lipinski definition) is 8. The monoisotopic (exact) mass is 452 g/mol. The number of rotatable bonds is 6. The van der Waals surface area contributed by atoms with Crippen molar-refractivity contribution in [1.29, 1.82) is 0 Å². The van der Waals surface area contributed by atoms with Crippen molar-refractivity contribution < 1.29 is 9.32 Å². The van der Waals surface area contributed by atoms with E-state index in [1.54, 1.807) is 0 Å². The Bertz CT molecular complexity index is 1090. The molecule has 2 aromatic heterocycles. The van der Waals surface area contributed by atoms with Crippen LogP contribution in [0.5, 0.6) is 0 Å². The van der Waals surface area contributed by atoms with Gasteiger partial charge in [-0.15, -0.1) is 0 Å². The van der Waals surface area contributed by atoms with Crippen LogP contribution in [0.4, 0.5) is 11.8 Å². The van der Waals surface area contributed by atoms with Crippen molar-refractivity contribution in [2.45, 2.75) is 61.3 Å². The molecule has 2 saturated carbocycles. The lowest BCUT2D eigenvalue weighted by Crippen LogP contribution is -2.48. The molecule has 2 aromatic rings. The smallest absolute Gasteiger partial charge is 0.227 e. The molecule has 4 heterocycles. The molecule has 9 heteroatoms. The minimum atomic E-state index is -1.08. The number of aromatic nitrogens is 4. The summed E-state index contributed by atoms with van der Waals surface area (Å²) in [5.41, 5.74) is 2.95. The topological polar surface area (TPSA) is 104 Å². The van der Waals surface area contributed by atoms with Gasteiger partial charge in [-0.05, 0) is 55.6 Å². The van der Waals surface area contributed by atoms with Crippen molar-refractivity contribution in [1.82, 2.24) is 19.9 Å². The number of aliphatic hydroxyl groups is 1. The third-order valence-corrected chi connectivity index (χ3v) is 8.63. The summed E-state index contributed by atoms with van der Waals surface area (Å²) in [4.78, 5) is 21.7. The Morgan fingerprint density at radius 2 is 2.00 bits per heavy atom. The van der Waals surface area contributed by atoms with Crippen LogP contribution in [0.2, 0.25) is 0 Å². The number of anilines is 2. The van der Waals surface area contributed by atoms with Crippen LogP contribution in [0.25, 0.3) is 5.57 Å². The molecule has 0 amide bonds. The lowest BCUT2D eigenvalue weighted by Gasteiger charge is -2.41. The fourth-order valence-corrected chi connectivity index (χ4v) is 6.08. The number of aliphatic hydroxyl groups excluding tert-OH is 1. The van der Waals surface area contributed by atoms with Crippen molar-refractivity contribution in [3.8, 4) is 0 Å². The fourth-order valence-electron chi connectivity index (χ4n) is 4.77. The summed E-state index contributed by atoms with van der Waals surface area (Å²) in [7, 11) is -1.08. The molecule has 2 N–H and O–H groups in total. The maximum Gasteiger partial charge on any atom is 0.227 e. The second-order valence-corrected chi connectivity index (χ2v) is 10.9. The molecule has 4 aliphatic rings. The van der Waals surface area contributed by atoms with Crippen molar-refractivity contribution >= 4 is 28.1 Å². The van der Waals surface area contributed by atoms with Gasteiger partial charge in [0.05, 0.1) is 28.6 Å². The van der Waals surface area contributed by atoms with E-state index in [0.29, 0.717) is 36.4 Å². The van der Waals surface area contributed by atoms with Crippen LogP contribution in [-0.4, -0.2) is 60.2 Å². The molecule has 2 aliphatic heterocycles. The standard InChI is InChI=1S/C23H28N6O2S/c30-14-23(7-1-8-23)28-21-19-18(6-11-32(19)31)26-22(27-21)29-9-4-16(5-10-29)20-24-12-17(13-25-20)15-2-3-15/h4,12-13,15,30H,1-3,5-11,14H2,(H,26,27,28)/t32-/m1/s1. The van der Waals surface area contributed by atoms with Gasteiger partial charge in [-0.25, -0.2) is 15.0 Å². The Balaban J connectivity index is 1.24. The molecule has 1 atom stereocenters. The van der Waals surface area contributed by atoms with E-state index in [-0.39, 0.29) is 12.1 Å². The number of hydrogen-bond donors (Lipinski definition) is 2. The highest BCUT2D eigenvalue weighted by Crippen LogP contribution is 2.40. The maximum absolute atomic E-state index is 12.6. The van der Waals surface area contributed by atoms with Crippen LogP contribution >= 0.6 is 0 Å². The van der Waals surface area contributed by atoms with Crippen LogP contribution in [0.1, 0.15) is 61.5 Å². The molecule has 0 saturated heterocycles. The highest BCUT2D eigenvalue weighted by molar-refractivity contribution is 7.85. The molecule has 2 fully saturated rings. The molecule has 8 nitrogen and oxygen atoms in total. The molecule has 0 spiro atoms. The van der Waals surface area contributed by atoms with Crippen LogP contribution in [-0.2, 0) is 17.2 Å². The summed E-state index contributed by atoms with van der Waals surface area (Å²) in [6.45, 7) is 1.53. The Morgan fingerprint density at radius 3 is 2.62 bits per heavy atom. The third-order valence-electron chi connectivity index (χ3n) is 7.17. The first-order chi connectivity index (χ1) is 15.6. The van der Waals surface area contributed by atoms with Crippen molar-refractivity contribution in [2.24, 2.45) is 0 Å². The van der Waals surface area contributed by atoms with Gasteiger partial charge in [0.1, 0.15) is 10.7 Å². The van der Waals surface area contributed by atoms with Crippen LogP contribution < -0.4 is 10.2 Å². The lowest BCUT2D eigenvalue weighted by molar-refractivity contribution is 0.143. The molecule has 2 aliphatic carbocycles. The summed E-state index contributed by atoms with van der Waals surface area (Å²) < 4.78 is 12.6. The van der Waals surface area contributed by atoms with E-state index >= 15 is 0 Å². The van der Waals surface area contributed by atoms with Crippen molar-refractivity contribution in [3.63, 3.8) is 0 Å². The van der Waals surface area contributed by atoms with Crippen LogP contribution in [0.15, 0.2) is 23.4 Å². The zero-order valence-electron chi connectivity index (χ0n) is 18.1. The zero-order valence-corrected chi connectivity index (χ0v) is 18.9. The van der Waals surface area contributed by atoms with E-state index in [4.69, 9.17) is 9.97 Å². The van der Waals surface area contributed by atoms with E-state index < -0.39 is 10.8 Å². The van der Waals surface area contributed by atoms with Gasteiger partial charge in [-0.3, -0.25) is 4.21 Å². The Hall–Kier alpha value is -2.39. The predicted octanol–water partition coefficient (Wildman–Crippen LogP) is 2.43. The Kier molecular flexibility index (Phi) is 4.98. The molecule has 0 aromatic carbocycles. The number of nitrogens with zero attached hydrogens (tertiary/aromatic N) is 5. The highest BCUT2D eigenvalue weighted by atomic mass is 32.2. The first-order valence-corrected chi connectivity index (χ1v) is 12.9. The van der Waals surface area contributed by atoms with Gasteiger partial charge < -0.3 is 15.3 Å². The van der Waals surface area contributed by atoms with Gasteiger partial charge in [-0.2, -0.15) is 4.98 Å².